The first-order chi connectivity index (χ1) is 13.0. The van der Waals surface area contributed by atoms with E-state index in [9.17, 15) is 9.59 Å². The van der Waals surface area contributed by atoms with Crippen molar-refractivity contribution >= 4 is 28.9 Å². The fourth-order valence-corrected chi connectivity index (χ4v) is 3.33. The maximum absolute atomic E-state index is 12.6. The first kappa shape index (κ1) is 18.9. The summed E-state index contributed by atoms with van der Waals surface area (Å²) in [5, 5.41) is 2.78. The number of ether oxygens (including phenoxy) is 1. The molecule has 2 atom stereocenters. The normalized spacial score (nSPS) is 19.4. The number of rotatable bonds is 3. The van der Waals surface area contributed by atoms with Crippen molar-refractivity contribution < 1.29 is 14.3 Å². The number of carbonyl (C=O) groups excluding carboxylic acids is 2. The summed E-state index contributed by atoms with van der Waals surface area (Å²) < 4.78 is 5.63. The van der Waals surface area contributed by atoms with Crippen molar-refractivity contribution in [1.82, 2.24) is 4.90 Å². The zero-order valence-corrected chi connectivity index (χ0v) is 15.9. The number of anilines is 3. The van der Waals surface area contributed by atoms with Gasteiger partial charge < -0.3 is 19.9 Å². The van der Waals surface area contributed by atoms with Gasteiger partial charge in [0.25, 0.3) is 0 Å². The molecule has 3 rings (SSSR count). The van der Waals surface area contributed by atoms with Crippen LogP contribution in [0.15, 0.2) is 54.6 Å². The Hall–Kier alpha value is -2.86. The fourth-order valence-electron chi connectivity index (χ4n) is 3.33. The van der Waals surface area contributed by atoms with E-state index in [1.807, 2.05) is 74.3 Å². The summed E-state index contributed by atoms with van der Waals surface area (Å²) >= 11 is 0. The minimum atomic E-state index is -0.634. The second kappa shape index (κ2) is 8.22. The van der Waals surface area contributed by atoms with Gasteiger partial charge in [0, 0.05) is 25.8 Å². The van der Waals surface area contributed by atoms with Crippen LogP contribution in [0.5, 0.6) is 0 Å². The van der Waals surface area contributed by atoms with Crippen molar-refractivity contribution in [2.75, 3.05) is 30.4 Å². The van der Waals surface area contributed by atoms with Crippen LogP contribution in [0.3, 0.4) is 0 Å². The SMILES string of the molecule is CC1CN(C(=O)C(=O)Nc2ccccc2N(C)c2ccccc2)CC(C)O1. The van der Waals surface area contributed by atoms with Gasteiger partial charge in [-0.15, -0.1) is 0 Å². The molecule has 0 spiro atoms. The molecular formula is C21H25N3O3. The standard InChI is InChI=1S/C21H25N3O3/c1-15-13-24(14-16(2)27-15)21(26)20(25)22-18-11-7-8-12-19(18)23(3)17-9-5-4-6-10-17/h4-12,15-16H,13-14H2,1-3H3,(H,22,25). The molecule has 2 amide bonds. The van der Waals surface area contributed by atoms with Gasteiger partial charge in [0.1, 0.15) is 0 Å². The van der Waals surface area contributed by atoms with Crippen molar-refractivity contribution in [3.8, 4) is 0 Å². The number of morpholine rings is 1. The Labute approximate surface area is 159 Å². The zero-order valence-electron chi connectivity index (χ0n) is 15.9. The van der Waals surface area contributed by atoms with E-state index in [2.05, 4.69) is 5.32 Å². The highest BCUT2D eigenvalue weighted by atomic mass is 16.5. The average Bonchev–Trinajstić information content (AvgIpc) is 2.67. The predicted octanol–water partition coefficient (Wildman–Crippen LogP) is 3.03. The number of nitrogens with one attached hydrogen (secondary N) is 1. The summed E-state index contributed by atoms with van der Waals surface area (Å²) in [7, 11) is 1.92. The van der Waals surface area contributed by atoms with Crippen molar-refractivity contribution in [2.45, 2.75) is 26.1 Å². The lowest BCUT2D eigenvalue weighted by Gasteiger charge is -2.34. The quantitative estimate of drug-likeness (QED) is 0.847. The lowest BCUT2D eigenvalue weighted by Crippen LogP contribution is -2.51. The zero-order chi connectivity index (χ0) is 19.4. The molecule has 1 N–H and O–H groups in total. The molecule has 1 aliphatic rings. The molecule has 1 heterocycles. The van der Waals surface area contributed by atoms with Gasteiger partial charge in [-0.05, 0) is 38.1 Å². The summed E-state index contributed by atoms with van der Waals surface area (Å²) in [6.45, 7) is 4.64. The number of amides is 2. The smallest absolute Gasteiger partial charge is 0.313 e. The van der Waals surface area contributed by atoms with Crippen LogP contribution in [0.4, 0.5) is 17.1 Å². The van der Waals surface area contributed by atoms with E-state index < -0.39 is 11.8 Å². The van der Waals surface area contributed by atoms with E-state index in [4.69, 9.17) is 4.74 Å². The Bertz CT molecular complexity index is 799. The summed E-state index contributed by atoms with van der Waals surface area (Å²) in [4.78, 5) is 28.7. The number of hydrogen-bond acceptors (Lipinski definition) is 4. The fraction of sp³-hybridized carbons (Fsp3) is 0.333. The maximum Gasteiger partial charge on any atom is 0.313 e. The number of carbonyl (C=O) groups is 2. The summed E-state index contributed by atoms with van der Waals surface area (Å²) in [6, 6.07) is 17.3. The Morgan fingerprint density at radius 2 is 1.59 bits per heavy atom. The number of hydrogen-bond donors (Lipinski definition) is 1. The molecule has 1 fully saturated rings. The molecule has 2 aromatic rings. The maximum atomic E-state index is 12.6. The van der Waals surface area contributed by atoms with Gasteiger partial charge in [-0.3, -0.25) is 9.59 Å². The number of benzene rings is 2. The lowest BCUT2D eigenvalue weighted by molar-refractivity contribution is -0.151. The molecule has 6 heteroatoms. The molecule has 2 aromatic carbocycles. The van der Waals surface area contributed by atoms with E-state index in [0.717, 1.165) is 11.4 Å². The van der Waals surface area contributed by atoms with Gasteiger partial charge in [-0.25, -0.2) is 0 Å². The molecule has 2 unspecified atom stereocenters. The first-order valence-corrected chi connectivity index (χ1v) is 9.09. The van der Waals surface area contributed by atoms with Gasteiger partial charge in [0.2, 0.25) is 0 Å². The monoisotopic (exact) mass is 367 g/mol. The van der Waals surface area contributed by atoms with Gasteiger partial charge in [-0.1, -0.05) is 30.3 Å². The van der Waals surface area contributed by atoms with Crippen molar-refractivity contribution in [2.24, 2.45) is 0 Å². The Morgan fingerprint density at radius 1 is 1.00 bits per heavy atom. The van der Waals surface area contributed by atoms with Crippen LogP contribution in [0, 0.1) is 0 Å². The van der Waals surface area contributed by atoms with Gasteiger partial charge in [0.15, 0.2) is 0 Å². The largest absolute Gasteiger partial charge is 0.372 e. The highest BCUT2D eigenvalue weighted by molar-refractivity contribution is 6.39. The first-order valence-electron chi connectivity index (χ1n) is 9.09. The van der Waals surface area contributed by atoms with Crippen LogP contribution in [0.25, 0.3) is 0 Å². The third kappa shape index (κ3) is 4.46. The molecule has 27 heavy (non-hydrogen) atoms. The number of nitrogens with zero attached hydrogens (tertiary/aromatic N) is 2. The predicted molar refractivity (Wildman–Crippen MR) is 106 cm³/mol. The molecule has 1 saturated heterocycles. The van der Waals surface area contributed by atoms with Crippen LogP contribution in [-0.4, -0.2) is 49.1 Å². The van der Waals surface area contributed by atoms with Gasteiger partial charge in [-0.2, -0.15) is 0 Å². The Morgan fingerprint density at radius 3 is 2.26 bits per heavy atom. The Balaban J connectivity index is 1.76. The van der Waals surface area contributed by atoms with Crippen LogP contribution >= 0.6 is 0 Å². The molecule has 0 bridgehead atoms. The average molecular weight is 367 g/mol. The topological polar surface area (TPSA) is 61.9 Å². The third-order valence-electron chi connectivity index (χ3n) is 4.56. The highest BCUT2D eigenvalue weighted by Crippen LogP contribution is 2.30. The van der Waals surface area contributed by atoms with Crippen LogP contribution < -0.4 is 10.2 Å². The Kier molecular flexibility index (Phi) is 5.76. The van der Waals surface area contributed by atoms with Crippen LogP contribution in [-0.2, 0) is 14.3 Å². The minimum absolute atomic E-state index is 0.0815. The van der Waals surface area contributed by atoms with E-state index >= 15 is 0 Å². The third-order valence-corrected chi connectivity index (χ3v) is 4.56. The van der Waals surface area contributed by atoms with Crippen LogP contribution in [0.2, 0.25) is 0 Å². The summed E-state index contributed by atoms with van der Waals surface area (Å²) in [5.41, 5.74) is 2.39. The molecule has 1 aliphatic heterocycles. The van der Waals surface area contributed by atoms with E-state index in [0.29, 0.717) is 18.8 Å². The summed E-state index contributed by atoms with van der Waals surface area (Å²) in [5.74, 6) is -1.17. The molecule has 0 aliphatic carbocycles. The van der Waals surface area contributed by atoms with Crippen molar-refractivity contribution in [3.05, 3.63) is 54.6 Å². The lowest BCUT2D eigenvalue weighted by atomic mass is 10.2. The number of para-hydroxylation sites is 3. The molecule has 0 saturated carbocycles. The summed E-state index contributed by atoms with van der Waals surface area (Å²) in [6.07, 6.45) is -0.163. The van der Waals surface area contributed by atoms with Gasteiger partial charge in [0.05, 0.1) is 23.6 Å². The van der Waals surface area contributed by atoms with Crippen molar-refractivity contribution in [1.29, 1.82) is 0 Å². The highest BCUT2D eigenvalue weighted by Gasteiger charge is 2.30. The molecular weight excluding hydrogens is 342 g/mol. The molecule has 0 radical (unpaired) electrons. The van der Waals surface area contributed by atoms with Crippen molar-refractivity contribution in [3.63, 3.8) is 0 Å². The molecule has 6 nitrogen and oxygen atoms in total. The minimum Gasteiger partial charge on any atom is -0.372 e. The molecule has 142 valence electrons. The van der Waals surface area contributed by atoms with E-state index in [1.165, 1.54) is 0 Å². The second-order valence-corrected chi connectivity index (χ2v) is 6.83. The van der Waals surface area contributed by atoms with E-state index in [-0.39, 0.29) is 12.2 Å². The van der Waals surface area contributed by atoms with Gasteiger partial charge >= 0.3 is 11.8 Å². The molecule has 0 aromatic heterocycles. The van der Waals surface area contributed by atoms with Crippen LogP contribution in [0.1, 0.15) is 13.8 Å². The second-order valence-electron chi connectivity index (χ2n) is 6.83. The van der Waals surface area contributed by atoms with E-state index in [1.54, 1.807) is 11.0 Å².